The van der Waals surface area contributed by atoms with Crippen LogP contribution in [0.4, 0.5) is 0 Å². The Morgan fingerprint density at radius 1 is 0.941 bits per heavy atom. The summed E-state index contributed by atoms with van der Waals surface area (Å²) in [6.07, 6.45) is 4.10. The molecular weight excluding hydrogens is 222 g/mol. The maximum atomic E-state index is 3.27. The van der Waals surface area contributed by atoms with Crippen LogP contribution in [0.15, 0.2) is 42.7 Å². The van der Waals surface area contributed by atoms with E-state index in [0.717, 1.165) is 11.1 Å². The van der Waals surface area contributed by atoms with Crippen LogP contribution in [0.2, 0.25) is 19.6 Å². The van der Waals surface area contributed by atoms with Crippen LogP contribution in [0, 0.1) is 11.8 Å². The molecule has 2 aromatic rings. The van der Waals surface area contributed by atoms with Crippen molar-refractivity contribution in [3.05, 3.63) is 53.9 Å². The highest BCUT2D eigenvalue weighted by Crippen LogP contribution is 2.06. The molecule has 0 saturated heterocycles. The van der Waals surface area contributed by atoms with Crippen molar-refractivity contribution in [1.29, 1.82) is 0 Å². The third kappa shape index (κ3) is 2.89. The molecule has 1 nitrogen and oxygen atoms in total. The molecule has 0 radical (unpaired) electrons. The molecular formula is C15H17NSi. The predicted octanol–water partition coefficient (Wildman–Crippen LogP) is 2.96. The van der Waals surface area contributed by atoms with Gasteiger partial charge in [0.1, 0.15) is 0 Å². The number of rotatable bonds is 1. The van der Waals surface area contributed by atoms with E-state index in [1.165, 1.54) is 5.19 Å². The standard InChI is InChI=1S/C15H17NSi/c1-17(2,3)15-12-16-11-14(15)10-9-13-7-5-4-6-8-13/h4-8,11-12,16H,1-3H3. The van der Waals surface area contributed by atoms with Crippen LogP contribution in [0.5, 0.6) is 0 Å². The first-order chi connectivity index (χ1) is 8.07. The maximum absolute atomic E-state index is 3.27. The lowest BCUT2D eigenvalue weighted by Gasteiger charge is -2.14. The van der Waals surface area contributed by atoms with Gasteiger partial charge in [-0.1, -0.05) is 49.7 Å². The molecule has 86 valence electrons. The Morgan fingerprint density at radius 2 is 1.65 bits per heavy atom. The number of hydrogen-bond donors (Lipinski definition) is 1. The second kappa shape index (κ2) is 4.64. The van der Waals surface area contributed by atoms with Crippen LogP contribution >= 0.6 is 0 Å². The van der Waals surface area contributed by atoms with Gasteiger partial charge in [-0.15, -0.1) is 0 Å². The molecule has 17 heavy (non-hydrogen) atoms. The van der Waals surface area contributed by atoms with E-state index in [9.17, 15) is 0 Å². The summed E-state index contributed by atoms with van der Waals surface area (Å²) < 4.78 is 0. The predicted molar refractivity (Wildman–Crippen MR) is 76.2 cm³/mol. The molecule has 1 aromatic carbocycles. The van der Waals surface area contributed by atoms with Crippen molar-refractivity contribution in [1.82, 2.24) is 4.98 Å². The lowest BCUT2D eigenvalue weighted by Crippen LogP contribution is -2.38. The van der Waals surface area contributed by atoms with Crippen molar-refractivity contribution in [3.8, 4) is 11.8 Å². The van der Waals surface area contributed by atoms with Crippen LogP contribution in [0.1, 0.15) is 11.1 Å². The molecule has 0 atom stereocenters. The zero-order valence-corrected chi connectivity index (χ0v) is 11.5. The van der Waals surface area contributed by atoms with E-state index in [1.807, 2.05) is 36.5 Å². The van der Waals surface area contributed by atoms with E-state index in [1.54, 1.807) is 0 Å². The van der Waals surface area contributed by atoms with Crippen molar-refractivity contribution >= 4 is 13.3 Å². The lowest BCUT2D eigenvalue weighted by atomic mass is 10.2. The first-order valence-electron chi connectivity index (χ1n) is 5.82. The van der Waals surface area contributed by atoms with E-state index >= 15 is 0 Å². The number of benzene rings is 1. The number of H-pyrrole nitrogens is 1. The molecule has 0 amide bonds. The molecule has 2 heteroatoms. The van der Waals surface area contributed by atoms with Gasteiger partial charge in [0.25, 0.3) is 0 Å². The Labute approximate surface area is 104 Å². The summed E-state index contributed by atoms with van der Waals surface area (Å²) in [5.41, 5.74) is 2.21. The maximum Gasteiger partial charge on any atom is 0.0812 e. The summed E-state index contributed by atoms with van der Waals surface area (Å²) in [4.78, 5) is 3.17. The van der Waals surface area contributed by atoms with E-state index in [4.69, 9.17) is 0 Å². The van der Waals surface area contributed by atoms with Gasteiger partial charge in [0, 0.05) is 23.5 Å². The molecule has 0 spiro atoms. The van der Waals surface area contributed by atoms with E-state index in [2.05, 4.69) is 42.7 Å². The van der Waals surface area contributed by atoms with Crippen LogP contribution in [0.25, 0.3) is 0 Å². The Kier molecular flexibility index (Phi) is 3.21. The van der Waals surface area contributed by atoms with Crippen LogP contribution in [0.3, 0.4) is 0 Å². The van der Waals surface area contributed by atoms with Gasteiger partial charge in [-0.05, 0) is 17.3 Å². The van der Waals surface area contributed by atoms with E-state index in [-0.39, 0.29) is 0 Å². The highest BCUT2D eigenvalue weighted by molar-refractivity contribution is 6.89. The molecule has 0 bridgehead atoms. The smallest absolute Gasteiger partial charge is 0.0812 e. The summed E-state index contributed by atoms with van der Waals surface area (Å²) in [5, 5.41) is 1.40. The summed E-state index contributed by atoms with van der Waals surface area (Å²) in [6, 6.07) is 10.1. The fourth-order valence-electron chi connectivity index (χ4n) is 1.75. The minimum Gasteiger partial charge on any atom is -0.367 e. The quantitative estimate of drug-likeness (QED) is 0.582. The lowest BCUT2D eigenvalue weighted by molar-refractivity contribution is 1.41. The van der Waals surface area contributed by atoms with Crippen LogP contribution in [-0.4, -0.2) is 13.1 Å². The van der Waals surface area contributed by atoms with E-state index < -0.39 is 8.07 Å². The molecule has 1 heterocycles. The third-order valence-electron chi connectivity index (χ3n) is 2.67. The highest BCUT2D eigenvalue weighted by atomic mass is 28.3. The zero-order chi connectivity index (χ0) is 12.3. The number of hydrogen-bond acceptors (Lipinski definition) is 0. The Hall–Kier alpha value is -1.72. The first kappa shape index (κ1) is 11.8. The second-order valence-electron chi connectivity index (χ2n) is 5.15. The first-order valence-corrected chi connectivity index (χ1v) is 9.32. The number of nitrogens with one attached hydrogen (secondary N) is 1. The van der Waals surface area contributed by atoms with Crippen molar-refractivity contribution in [3.63, 3.8) is 0 Å². The Morgan fingerprint density at radius 3 is 2.29 bits per heavy atom. The summed E-state index contributed by atoms with van der Waals surface area (Å²) in [5.74, 6) is 6.48. The molecule has 0 unspecified atom stereocenters. The summed E-state index contributed by atoms with van der Waals surface area (Å²) in [6.45, 7) is 7.01. The minimum absolute atomic E-state index is 1.07. The van der Waals surface area contributed by atoms with Crippen molar-refractivity contribution < 1.29 is 0 Å². The summed E-state index contributed by atoms with van der Waals surface area (Å²) in [7, 11) is -1.30. The highest BCUT2D eigenvalue weighted by Gasteiger charge is 2.19. The third-order valence-corrected chi connectivity index (χ3v) is 4.70. The Balaban J connectivity index is 2.33. The number of aromatic nitrogens is 1. The molecule has 0 fully saturated rings. The van der Waals surface area contributed by atoms with Gasteiger partial charge >= 0.3 is 0 Å². The van der Waals surface area contributed by atoms with Gasteiger partial charge in [0.15, 0.2) is 0 Å². The van der Waals surface area contributed by atoms with E-state index in [0.29, 0.717) is 0 Å². The Bertz CT molecular complexity index is 550. The average molecular weight is 239 g/mol. The second-order valence-corrected chi connectivity index (χ2v) is 10.2. The van der Waals surface area contributed by atoms with Gasteiger partial charge < -0.3 is 4.98 Å². The van der Waals surface area contributed by atoms with Gasteiger partial charge in [-0.3, -0.25) is 0 Å². The van der Waals surface area contributed by atoms with Crippen molar-refractivity contribution in [2.24, 2.45) is 0 Å². The molecule has 0 aliphatic carbocycles. The van der Waals surface area contributed by atoms with Gasteiger partial charge in [-0.2, -0.15) is 0 Å². The van der Waals surface area contributed by atoms with Gasteiger partial charge in [0.2, 0.25) is 0 Å². The number of aromatic amines is 1. The monoisotopic (exact) mass is 239 g/mol. The molecule has 0 aliphatic rings. The molecule has 0 saturated carbocycles. The molecule has 1 N–H and O–H groups in total. The normalized spacial score (nSPS) is 10.8. The van der Waals surface area contributed by atoms with Crippen molar-refractivity contribution in [2.75, 3.05) is 0 Å². The fraction of sp³-hybridized carbons (Fsp3) is 0.200. The fourth-order valence-corrected chi connectivity index (χ4v) is 3.21. The SMILES string of the molecule is C[Si](C)(C)c1c[nH]cc1C#Cc1ccccc1. The van der Waals surface area contributed by atoms with Crippen molar-refractivity contribution in [2.45, 2.75) is 19.6 Å². The zero-order valence-electron chi connectivity index (χ0n) is 10.5. The molecule has 2 rings (SSSR count). The molecule has 1 aromatic heterocycles. The largest absolute Gasteiger partial charge is 0.367 e. The molecule has 0 aliphatic heterocycles. The topological polar surface area (TPSA) is 15.8 Å². The van der Waals surface area contributed by atoms with Crippen LogP contribution in [-0.2, 0) is 0 Å². The average Bonchev–Trinajstić information content (AvgIpc) is 2.75. The summed E-state index contributed by atoms with van der Waals surface area (Å²) >= 11 is 0. The van der Waals surface area contributed by atoms with Gasteiger partial charge in [0.05, 0.1) is 8.07 Å². The van der Waals surface area contributed by atoms with Gasteiger partial charge in [-0.25, -0.2) is 0 Å². The van der Waals surface area contributed by atoms with Crippen LogP contribution < -0.4 is 5.19 Å². The minimum atomic E-state index is -1.30.